The molecule has 18 heavy (non-hydrogen) atoms. The molecule has 0 amide bonds. The van der Waals surface area contributed by atoms with Gasteiger partial charge < -0.3 is 5.11 Å². The molecule has 0 heterocycles. The number of hydrogen-bond donors (Lipinski definition) is 1. The van der Waals surface area contributed by atoms with Crippen LogP contribution in [0.2, 0.25) is 0 Å². The minimum absolute atomic E-state index is 0.352. The normalized spacial score (nSPS) is 11.9. The third kappa shape index (κ3) is 15.4. The van der Waals surface area contributed by atoms with Gasteiger partial charge in [-0.05, 0) is 38.5 Å². The Hall–Kier alpha value is -0.560. The van der Waals surface area contributed by atoms with E-state index in [0.29, 0.717) is 6.61 Å². The minimum atomic E-state index is 0.352. The first-order valence-corrected chi connectivity index (χ1v) is 7.82. The molecule has 106 valence electrons. The van der Waals surface area contributed by atoms with E-state index in [2.05, 4.69) is 31.2 Å². The van der Waals surface area contributed by atoms with Gasteiger partial charge in [-0.1, -0.05) is 63.3 Å². The molecule has 0 fully saturated rings. The smallest absolute Gasteiger partial charge is 0.0431 e. The van der Waals surface area contributed by atoms with Gasteiger partial charge in [-0.15, -0.1) is 0 Å². The summed E-state index contributed by atoms with van der Waals surface area (Å²) < 4.78 is 0. The molecule has 0 spiro atoms. The van der Waals surface area contributed by atoms with Crippen LogP contribution in [0.5, 0.6) is 0 Å². The van der Waals surface area contributed by atoms with Crippen LogP contribution in [0, 0.1) is 0 Å². The lowest BCUT2D eigenvalue weighted by Crippen LogP contribution is -1.83. The fourth-order valence-corrected chi connectivity index (χ4v) is 1.92. The Bertz CT molecular complexity index is 194. The van der Waals surface area contributed by atoms with Crippen LogP contribution < -0.4 is 0 Å². The molecule has 0 unspecified atom stereocenters. The lowest BCUT2D eigenvalue weighted by Gasteiger charge is -1.97. The van der Waals surface area contributed by atoms with E-state index in [0.717, 1.165) is 12.8 Å². The molecule has 1 heteroatoms. The van der Waals surface area contributed by atoms with Crippen molar-refractivity contribution in [3.8, 4) is 0 Å². The van der Waals surface area contributed by atoms with Crippen LogP contribution in [0.25, 0.3) is 0 Å². The third-order valence-electron chi connectivity index (χ3n) is 3.11. The van der Waals surface area contributed by atoms with Gasteiger partial charge in [-0.3, -0.25) is 0 Å². The molecule has 0 aliphatic rings. The number of hydrogen-bond acceptors (Lipinski definition) is 1. The molecule has 0 atom stereocenters. The Morgan fingerprint density at radius 3 is 1.83 bits per heavy atom. The van der Waals surface area contributed by atoms with Crippen molar-refractivity contribution in [2.75, 3.05) is 6.61 Å². The highest BCUT2D eigenvalue weighted by Gasteiger charge is 1.88. The number of rotatable bonds is 13. The number of allylic oxidation sites excluding steroid dienone is 4. The van der Waals surface area contributed by atoms with E-state index in [1.807, 2.05) is 0 Å². The van der Waals surface area contributed by atoms with Gasteiger partial charge in [0.2, 0.25) is 0 Å². The first-order chi connectivity index (χ1) is 8.91. The summed E-state index contributed by atoms with van der Waals surface area (Å²) in [4.78, 5) is 0. The summed E-state index contributed by atoms with van der Waals surface area (Å²) in [6, 6.07) is 0. The third-order valence-corrected chi connectivity index (χ3v) is 3.11. The summed E-state index contributed by atoms with van der Waals surface area (Å²) in [5, 5.41) is 8.64. The maximum atomic E-state index is 8.64. The first-order valence-electron chi connectivity index (χ1n) is 7.82. The van der Waals surface area contributed by atoms with Crippen molar-refractivity contribution in [1.29, 1.82) is 0 Å². The molecule has 0 saturated heterocycles. The molecular formula is C17H32O. The Morgan fingerprint density at radius 1 is 0.667 bits per heavy atom. The quantitative estimate of drug-likeness (QED) is 0.343. The van der Waals surface area contributed by atoms with Crippen LogP contribution in [-0.4, -0.2) is 11.7 Å². The number of unbranched alkanes of at least 4 members (excludes halogenated alkanes) is 8. The second-order valence-electron chi connectivity index (χ2n) is 4.95. The first kappa shape index (κ1) is 17.4. The van der Waals surface area contributed by atoms with Gasteiger partial charge in [-0.25, -0.2) is 0 Å². The van der Waals surface area contributed by atoms with Gasteiger partial charge in [0.25, 0.3) is 0 Å². The lowest BCUT2D eigenvalue weighted by molar-refractivity contribution is 0.282. The standard InChI is InChI=1S/C17H32O/c1-2-3-4-5-6-7-8-9-10-11-12-13-14-15-16-17-18/h6-7,9-10,18H,2-5,8,11-17H2,1H3/b7-6+,10-9+. The Morgan fingerprint density at radius 2 is 1.22 bits per heavy atom. The number of aliphatic hydroxyl groups is 1. The monoisotopic (exact) mass is 252 g/mol. The van der Waals surface area contributed by atoms with E-state index in [1.54, 1.807) is 0 Å². The zero-order valence-corrected chi connectivity index (χ0v) is 12.2. The van der Waals surface area contributed by atoms with Gasteiger partial charge in [0.15, 0.2) is 0 Å². The maximum Gasteiger partial charge on any atom is 0.0431 e. The van der Waals surface area contributed by atoms with E-state index in [1.165, 1.54) is 57.8 Å². The molecule has 0 saturated carbocycles. The Kier molecular flexibility index (Phi) is 15.9. The van der Waals surface area contributed by atoms with Crippen molar-refractivity contribution >= 4 is 0 Å². The van der Waals surface area contributed by atoms with Crippen LogP contribution in [0.1, 0.15) is 77.6 Å². The van der Waals surface area contributed by atoms with Gasteiger partial charge in [0.05, 0.1) is 0 Å². The summed E-state index contributed by atoms with van der Waals surface area (Å²) in [7, 11) is 0. The molecule has 1 N–H and O–H groups in total. The predicted octanol–water partition coefficient (Wildman–Crippen LogP) is 5.40. The van der Waals surface area contributed by atoms with Gasteiger partial charge in [0, 0.05) is 6.61 Å². The zero-order valence-electron chi connectivity index (χ0n) is 12.2. The predicted molar refractivity (Wildman–Crippen MR) is 81.8 cm³/mol. The largest absolute Gasteiger partial charge is 0.396 e. The van der Waals surface area contributed by atoms with Gasteiger partial charge in [-0.2, -0.15) is 0 Å². The molecule has 0 aliphatic carbocycles. The van der Waals surface area contributed by atoms with E-state index in [4.69, 9.17) is 5.11 Å². The van der Waals surface area contributed by atoms with Crippen LogP contribution in [-0.2, 0) is 0 Å². The molecule has 0 aromatic carbocycles. The average molecular weight is 252 g/mol. The van der Waals surface area contributed by atoms with E-state index in [9.17, 15) is 0 Å². The maximum absolute atomic E-state index is 8.64. The van der Waals surface area contributed by atoms with Crippen LogP contribution in [0.4, 0.5) is 0 Å². The van der Waals surface area contributed by atoms with Gasteiger partial charge >= 0.3 is 0 Å². The SMILES string of the molecule is CCCCC/C=C/C/C=C/CCCCCCCO. The fourth-order valence-electron chi connectivity index (χ4n) is 1.92. The van der Waals surface area contributed by atoms with Crippen molar-refractivity contribution in [3.63, 3.8) is 0 Å². The Balaban J connectivity index is 3.13. The lowest BCUT2D eigenvalue weighted by atomic mass is 10.1. The van der Waals surface area contributed by atoms with Crippen molar-refractivity contribution in [2.45, 2.75) is 77.6 Å². The molecular weight excluding hydrogens is 220 g/mol. The topological polar surface area (TPSA) is 20.2 Å². The Labute approximate surface area is 114 Å². The molecule has 0 aromatic heterocycles. The summed E-state index contributed by atoms with van der Waals surface area (Å²) in [6.07, 6.45) is 22.8. The zero-order chi connectivity index (χ0) is 13.3. The summed E-state index contributed by atoms with van der Waals surface area (Å²) >= 11 is 0. The molecule has 0 rings (SSSR count). The van der Waals surface area contributed by atoms with Crippen LogP contribution >= 0.6 is 0 Å². The average Bonchev–Trinajstić information content (AvgIpc) is 2.39. The molecule has 0 aliphatic heterocycles. The van der Waals surface area contributed by atoms with Crippen molar-refractivity contribution in [1.82, 2.24) is 0 Å². The second-order valence-corrected chi connectivity index (χ2v) is 4.95. The molecule has 0 bridgehead atoms. The summed E-state index contributed by atoms with van der Waals surface area (Å²) in [5.41, 5.74) is 0. The van der Waals surface area contributed by atoms with Crippen molar-refractivity contribution < 1.29 is 5.11 Å². The highest BCUT2D eigenvalue weighted by atomic mass is 16.2. The van der Waals surface area contributed by atoms with E-state index >= 15 is 0 Å². The van der Waals surface area contributed by atoms with Crippen LogP contribution in [0.3, 0.4) is 0 Å². The van der Waals surface area contributed by atoms with Crippen LogP contribution in [0.15, 0.2) is 24.3 Å². The highest BCUT2D eigenvalue weighted by Crippen LogP contribution is 2.06. The van der Waals surface area contributed by atoms with E-state index < -0.39 is 0 Å². The number of aliphatic hydroxyl groups excluding tert-OH is 1. The minimum Gasteiger partial charge on any atom is -0.396 e. The van der Waals surface area contributed by atoms with Gasteiger partial charge in [0.1, 0.15) is 0 Å². The van der Waals surface area contributed by atoms with E-state index in [-0.39, 0.29) is 0 Å². The molecule has 0 aromatic rings. The second kappa shape index (κ2) is 16.4. The molecule has 0 radical (unpaired) electrons. The van der Waals surface area contributed by atoms with Crippen molar-refractivity contribution in [2.24, 2.45) is 0 Å². The fraction of sp³-hybridized carbons (Fsp3) is 0.765. The van der Waals surface area contributed by atoms with Crippen molar-refractivity contribution in [3.05, 3.63) is 24.3 Å². The highest BCUT2D eigenvalue weighted by molar-refractivity contribution is 4.92. The molecule has 1 nitrogen and oxygen atoms in total. The summed E-state index contributed by atoms with van der Waals surface area (Å²) in [5.74, 6) is 0. The summed E-state index contributed by atoms with van der Waals surface area (Å²) in [6.45, 7) is 2.60.